The largest absolute Gasteiger partial charge is 0.353 e. The smallest absolute Gasteiger partial charge is 0.230 e. The van der Waals surface area contributed by atoms with Gasteiger partial charge >= 0.3 is 0 Å². The van der Waals surface area contributed by atoms with E-state index in [4.69, 9.17) is 17.4 Å². The topological polar surface area (TPSA) is 85.8 Å². The second-order valence-electron chi connectivity index (χ2n) is 6.55. The number of benzene rings is 1. The molecule has 1 saturated carbocycles. The number of hydrogen-bond donors (Lipinski definition) is 2. The Hall–Kier alpha value is -1.73. The van der Waals surface area contributed by atoms with Gasteiger partial charge in [-0.1, -0.05) is 67.6 Å². The van der Waals surface area contributed by atoms with Crippen LogP contribution in [0, 0.1) is 0 Å². The van der Waals surface area contributed by atoms with Gasteiger partial charge in [-0.3, -0.25) is 4.79 Å². The van der Waals surface area contributed by atoms with Crippen LogP contribution in [0.15, 0.2) is 29.4 Å². The van der Waals surface area contributed by atoms with Crippen LogP contribution in [-0.2, 0) is 4.79 Å². The van der Waals surface area contributed by atoms with E-state index in [1.54, 1.807) is 6.07 Å². The van der Waals surface area contributed by atoms with Gasteiger partial charge in [0.25, 0.3) is 0 Å². The molecule has 2 aromatic rings. The van der Waals surface area contributed by atoms with Gasteiger partial charge in [0, 0.05) is 11.6 Å². The summed E-state index contributed by atoms with van der Waals surface area (Å²) in [6, 6.07) is 7.62. The van der Waals surface area contributed by atoms with E-state index in [9.17, 15) is 4.79 Å². The molecule has 3 N–H and O–H groups in total. The molecule has 1 heterocycles. The van der Waals surface area contributed by atoms with Crippen molar-refractivity contribution < 1.29 is 4.79 Å². The maximum absolute atomic E-state index is 12.3. The van der Waals surface area contributed by atoms with Crippen molar-refractivity contribution in [2.45, 2.75) is 56.1 Å². The molecule has 1 aromatic heterocycles. The van der Waals surface area contributed by atoms with Gasteiger partial charge in [-0.15, -0.1) is 10.2 Å². The van der Waals surface area contributed by atoms with Crippen LogP contribution in [0.5, 0.6) is 0 Å². The highest BCUT2D eigenvalue weighted by atomic mass is 35.5. The zero-order chi connectivity index (χ0) is 18.4. The van der Waals surface area contributed by atoms with Crippen molar-refractivity contribution >= 4 is 29.3 Å². The van der Waals surface area contributed by atoms with E-state index in [-0.39, 0.29) is 17.7 Å². The Balaban J connectivity index is 1.56. The van der Waals surface area contributed by atoms with Crippen LogP contribution in [0.25, 0.3) is 11.4 Å². The van der Waals surface area contributed by atoms with Crippen LogP contribution in [0.3, 0.4) is 0 Å². The highest BCUT2D eigenvalue weighted by Gasteiger charge is 2.17. The number of nitrogens with one attached hydrogen (secondary N) is 1. The van der Waals surface area contributed by atoms with Gasteiger partial charge in [-0.2, -0.15) is 0 Å². The lowest BCUT2D eigenvalue weighted by molar-refractivity contribution is -0.119. The van der Waals surface area contributed by atoms with Crippen molar-refractivity contribution in [3.63, 3.8) is 0 Å². The number of amides is 1. The van der Waals surface area contributed by atoms with Crippen LogP contribution in [-0.4, -0.2) is 32.6 Å². The third-order valence-corrected chi connectivity index (χ3v) is 5.85. The van der Waals surface area contributed by atoms with Crippen LogP contribution in [0.2, 0.25) is 5.02 Å². The summed E-state index contributed by atoms with van der Waals surface area (Å²) < 4.78 is 1.38. The Morgan fingerprint density at radius 1 is 1.19 bits per heavy atom. The van der Waals surface area contributed by atoms with Crippen molar-refractivity contribution in [2.24, 2.45) is 0 Å². The number of thioether (sulfide) groups is 1. The van der Waals surface area contributed by atoms with E-state index in [1.165, 1.54) is 48.5 Å². The lowest BCUT2D eigenvalue weighted by Gasteiger charge is -2.20. The number of nitrogen functional groups attached to an aromatic ring is 1. The van der Waals surface area contributed by atoms with Gasteiger partial charge in [0.15, 0.2) is 5.82 Å². The summed E-state index contributed by atoms with van der Waals surface area (Å²) >= 11 is 7.48. The molecular formula is C18H24ClN5OS. The minimum absolute atomic E-state index is 0.0165. The Bertz CT molecular complexity index is 743. The normalized spacial score (nSPS) is 16.0. The van der Waals surface area contributed by atoms with Crippen molar-refractivity contribution in [2.75, 3.05) is 11.6 Å². The summed E-state index contributed by atoms with van der Waals surface area (Å²) in [6.45, 7) is 0. The third kappa shape index (κ3) is 4.92. The molecule has 0 unspecified atom stereocenters. The first-order valence-corrected chi connectivity index (χ1v) is 10.4. The number of nitrogens with two attached hydrogens (primary N) is 1. The third-order valence-electron chi connectivity index (χ3n) is 4.58. The van der Waals surface area contributed by atoms with Gasteiger partial charge < -0.3 is 11.2 Å². The van der Waals surface area contributed by atoms with E-state index in [1.807, 2.05) is 18.2 Å². The van der Waals surface area contributed by atoms with E-state index in [0.717, 1.165) is 18.4 Å². The van der Waals surface area contributed by atoms with Gasteiger partial charge in [-0.25, -0.2) is 4.68 Å². The van der Waals surface area contributed by atoms with E-state index >= 15 is 0 Å². The molecule has 26 heavy (non-hydrogen) atoms. The Kier molecular flexibility index (Phi) is 6.80. The lowest BCUT2D eigenvalue weighted by atomic mass is 9.97. The highest BCUT2D eigenvalue weighted by Crippen LogP contribution is 2.27. The molecule has 1 aliphatic rings. The number of rotatable bonds is 5. The summed E-state index contributed by atoms with van der Waals surface area (Å²) in [4.78, 5) is 12.3. The van der Waals surface area contributed by atoms with Crippen molar-refractivity contribution in [1.82, 2.24) is 20.2 Å². The predicted octanol–water partition coefficient (Wildman–Crippen LogP) is 3.63. The van der Waals surface area contributed by atoms with Gasteiger partial charge in [0.1, 0.15) is 0 Å². The molecule has 1 aromatic carbocycles. The summed E-state index contributed by atoms with van der Waals surface area (Å²) in [5.41, 5.74) is 0.718. The average molecular weight is 394 g/mol. The summed E-state index contributed by atoms with van der Waals surface area (Å²) in [6.07, 6.45) is 8.37. The van der Waals surface area contributed by atoms with Crippen LogP contribution in [0.1, 0.15) is 44.9 Å². The predicted molar refractivity (Wildman–Crippen MR) is 106 cm³/mol. The molecule has 0 spiro atoms. The van der Waals surface area contributed by atoms with Crippen LogP contribution >= 0.6 is 23.4 Å². The molecular weight excluding hydrogens is 370 g/mol. The van der Waals surface area contributed by atoms with Gasteiger partial charge in [-0.05, 0) is 25.0 Å². The fourth-order valence-electron chi connectivity index (χ4n) is 3.20. The standard InChI is InChI=1S/C18H24ClN5OS/c19-15-11-7-6-10-14(15)17-22-23-18(24(17)20)26-12-16(25)21-13-8-4-2-1-3-5-9-13/h6-7,10-11,13H,1-5,8-9,12,20H2,(H,21,25). The zero-order valence-corrected chi connectivity index (χ0v) is 16.2. The molecule has 0 radical (unpaired) electrons. The van der Waals surface area contributed by atoms with Gasteiger partial charge in [0.05, 0.1) is 10.8 Å². The Morgan fingerprint density at radius 2 is 1.88 bits per heavy atom. The van der Waals surface area contributed by atoms with Crippen molar-refractivity contribution in [1.29, 1.82) is 0 Å². The quantitative estimate of drug-likeness (QED) is 0.598. The number of carbonyl (C=O) groups is 1. The number of carbonyl (C=O) groups excluding carboxylic acids is 1. The van der Waals surface area contributed by atoms with Gasteiger partial charge in [0.2, 0.25) is 11.1 Å². The second kappa shape index (κ2) is 9.28. The summed E-state index contributed by atoms with van der Waals surface area (Å²) in [7, 11) is 0. The molecule has 0 aliphatic heterocycles. The van der Waals surface area contributed by atoms with Crippen molar-refractivity contribution in [3.05, 3.63) is 29.3 Å². The molecule has 0 atom stereocenters. The van der Waals surface area contributed by atoms with E-state index in [0.29, 0.717) is 16.0 Å². The second-order valence-corrected chi connectivity index (χ2v) is 7.90. The van der Waals surface area contributed by atoms with Crippen LogP contribution < -0.4 is 11.2 Å². The fourth-order valence-corrected chi connectivity index (χ4v) is 4.09. The zero-order valence-electron chi connectivity index (χ0n) is 14.7. The molecule has 3 rings (SSSR count). The molecule has 0 saturated heterocycles. The van der Waals surface area contributed by atoms with Crippen LogP contribution in [0.4, 0.5) is 0 Å². The first-order chi connectivity index (χ1) is 12.6. The first-order valence-electron chi connectivity index (χ1n) is 9.02. The van der Waals surface area contributed by atoms with Crippen molar-refractivity contribution in [3.8, 4) is 11.4 Å². The summed E-state index contributed by atoms with van der Waals surface area (Å²) in [5, 5.41) is 12.4. The van der Waals surface area contributed by atoms with E-state index in [2.05, 4.69) is 15.5 Å². The maximum atomic E-state index is 12.3. The first kappa shape index (κ1) is 19.0. The lowest BCUT2D eigenvalue weighted by Crippen LogP contribution is -2.36. The molecule has 140 valence electrons. The average Bonchev–Trinajstić information content (AvgIpc) is 2.96. The summed E-state index contributed by atoms with van der Waals surface area (Å²) in [5.74, 6) is 6.87. The molecule has 1 aliphatic carbocycles. The number of hydrogen-bond acceptors (Lipinski definition) is 5. The molecule has 6 nitrogen and oxygen atoms in total. The molecule has 8 heteroatoms. The number of nitrogens with zero attached hydrogens (tertiary/aromatic N) is 3. The number of halogens is 1. The molecule has 1 fully saturated rings. The molecule has 1 amide bonds. The SMILES string of the molecule is Nn1c(SCC(=O)NC2CCCCCCC2)nnc1-c1ccccc1Cl. The number of aromatic nitrogens is 3. The minimum atomic E-state index is 0.0165. The monoisotopic (exact) mass is 393 g/mol. The minimum Gasteiger partial charge on any atom is -0.353 e. The Morgan fingerprint density at radius 3 is 2.62 bits per heavy atom. The highest BCUT2D eigenvalue weighted by molar-refractivity contribution is 7.99. The van der Waals surface area contributed by atoms with E-state index < -0.39 is 0 Å². The maximum Gasteiger partial charge on any atom is 0.230 e. The Labute approximate surface area is 162 Å². The molecule has 0 bridgehead atoms. The fraction of sp³-hybridized carbons (Fsp3) is 0.500.